The van der Waals surface area contributed by atoms with Gasteiger partial charge < -0.3 is 15.5 Å². The van der Waals surface area contributed by atoms with Crippen LogP contribution in [0.25, 0.3) is 22.2 Å². The summed E-state index contributed by atoms with van der Waals surface area (Å²) in [6.07, 6.45) is 3.67. The highest BCUT2D eigenvalue weighted by Gasteiger charge is 2.11. The molecule has 0 unspecified atom stereocenters. The van der Waals surface area contributed by atoms with Crippen molar-refractivity contribution in [2.24, 2.45) is 5.73 Å². The molecule has 0 fully saturated rings. The third-order valence-electron chi connectivity index (χ3n) is 3.25. The molecule has 5 heteroatoms. The van der Waals surface area contributed by atoms with E-state index in [1.54, 1.807) is 19.4 Å². The SMILES string of the molecule is COc1cc(-c2c[nH]c3ncccc23)ccc1C(=N)N. The first kappa shape index (κ1) is 12.2. The summed E-state index contributed by atoms with van der Waals surface area (Å²) in [5.74, 6) is 0.585. The van der Waals surface area contributed by atoms with E-state index in [2.05, 4.69) is 9.97 Å². The second-order valence-corrected chi connectivity index (χ2v) is 4.43. The number of fused-ring (bicyclic) bond motifs is 1. The van der Waals surface area contributed by atoms with Gasteiger partial charge in [0.15, 0.2) is 0 Å². The zero-order valence-corrected chi connectivity index (χ0v) is 11.0. The topological polar surface area (TPSA) is 87.8 Å². The maximum absolute atomic E-state index is 7.54. The Labute approximate surface area is 115 Å². The average Bonchev–Trinajstić information content (AvgIpc) is 2.90. The van der Waals surface area contributed by atoms with Gasteiger partial charge in [-0.2, -0.15) is 0 Å². The maximum Gasteiger partial charge on any atom is 0.137 e. The minimum Gasteiger partial charge on any atom is -0.496 e. The number of methoxy groups -OCH3 is 1. The first-order chi connectivity index (χ1) is 9.70. The number of hydrogen-bond donors (Lipinski definition) is 3. The Hall–Kier alpha value is -2.82. The van der Waals surface area contributed by atoms with Crippen LogP contribution in [-0.2, 0) is 0 Å². The summed E-state index contributed by atoms with van der Waals surface area (Å²) in [4.78, 5) is 7.42. The number of nitrogens with zero attached hydrogens (tertiary/aromatic N) is 1. The van der Waals surface area contributed by atoms with E-state index in [4.69, 9.17) is 15.9 Å². The van der Waals surface area contributed by atoms with Crippen molar-refractivity contribution in [3.63, 3.8) is 0 Å². The van der Waals surface area contributed by atoms with Crippen molar-refractivity contribution in [2.45, 2.75) is 0 Å². The van der Waals surface area contributed by atoms with Gasteiger partial charge in [0, 0.05) is 23.3 Å². The van der Waals surface area contributed by atoms with Gasteiger partial charge in [0.05, 0.1) is 12.7 Å². The van der Waals surface area contributed by atoms with Gasteiger partial charge in [0.1, 0.15) is 17.2 Å². The number of nitrogens with two attached hydrogens (primary N) is 1. The Morgan fingerprint density at radius 1 is 1.35 bits per heavy atom. The number of ether oxygens (including phenoxy) is 1. The van der Waals surface area contributed by atoms with Crippen molar-refractivity contribution in [1.29, 1.82) is 5.41 Å². The Morgan fingerprint density at radius 2 is 2.20 bits per heavy atom. The predicted molar refractivity (Wildman–Crippen MR) is 79.1 cm³/mol. The molecule has 0 aliphatic heterocycles. The summed E-state index contributed by atoms with van der Waals surface area (Å²) >= 11 is 0. The van der Waals surface area contributed by atoms with Crippen LogP contribution in [0.2, 0.25) is 0 Å². The second kappa shape index (κ2) is 4.70. The van der Waals surface area contributed by atoms with E-state index in [0.717, 1.165) is 22.2 Å². The number of pyridine rings is 1. The summed E-state index contributed by atoms with van der Waals surface area (Å²) in [5, 5.41) is 8.58. The van der Waals surface area contributed by atoms with Crippen molar-refractivity contribution in [3.8, 4) is 16.9 Å². The predicted octanol–water partition coefficient (Wildman–Crippen LogP) is 2.52. The van der Waals surface area contributed by atoms with Crippen LogP contribution in [0.3, 0.4) is 0 Å². The molecular formula is C15H14N4O. The Bertz CT molecular complexity index is 791. The zero-order valence-electron chi connectivity index (χ0n) is 11.0. The van der Waals surface area contributed by atoms with Crippen LogP contribution in [0, 0.1) is 5.41 Å². The summed E-state index contributed by atoms with van der Waals surface area (Å²) in [5.41, 5.74) is 9.01. The monoisotopic (exact) mass is 266 g/mol. The molecule has 0 amide bonds. The molecule has 2 aromatic heterocycles. The molecule has 3 rings (SSSR count). The minimum absolute atomic E-state index is 0.00556. The van der Waals surface area contributed by atoms with Gasteiger partial charge in [-0.25, -0.2) is 4.98 Å². The highest BCUT2D eigenvalue weighted by atomic mass is 16.5. The van der Waals surface area contributed by atoms with Crippen molar-refractivity contribution in [2.75, 3.05) is 7.11 Å². The van der Waals surface area contributed by atoms with Gasteiger partial charge in [0.25, 0.3) is 0 Å². The van der Waals surface area contributed by atoms with E-state index in [1.165, 1.54) is 0 Å². The van der Waals surface area contributed by atoms with Crippen LogP contribution in [0.1, 0.15) is 5.56 Å². The quantitative estimate of drug-likeness (QED) is 0.502. The lowest BCUT2D eigenvalue weighted by atomic mass is 10.0. The van der Waals surface area contributed by atoms with Gasteiger partial charge in [-0.3, -0.25) is 5.41 Å². The van der Waals surface area contributed by atoms with Crippen molar-refractivity contribution in [1.82, 2.24) is 9.97 Å². The van der Waals surface area contributed by atoms with Gasteiger partial charge >= 0.3 is 0 Å². The molecule has 0 atom stereocenters. The summed E-state index contributed by atoms with van der Waals surface area (Å²) < 4.78 is 5.31. The van der Waals surface area contributed by atoms with E-state index >= 15 is 0 Å². The smallest absolute Gasteiger partial charge is 0.137 e. The number of aromatic nitrogens is 2. The number of aromatic amines is 1. The molecule has 1 aromatic carbocycles. The van der Waals surface area contributed by atoms with Gasteiger partial charge in [-0.15, -0.1) is 0 Å². The van der Waals surface area contributed by atoms with Crippen molar-refractivity contribution >= 4 is 16.9 Å². The van der Waals surface area contributed by atoms with Crippen LogP contribution in [-0.4, -0.2) is 22.9 Å². The van der Waals surface area contributed by atoms with Crippen LogP contribution in [0.5, 0.6) is 5.75 Å². The lowest BCUT2D eigenvalue weighted by molar-refractivity contribution is 0.414. The summed E-state index contributed by atoms with van der Waals surface area (Å²) in [6, 6.07) is 9.52. The molecule has 0 bridgehead atoms. The number of nitrogens with one attached hydrogen (secondary N) is 2. The first-order valence-electron chi connectivity index (χ1n) is 6.15. The fraction of sp³-hybridized carbons (Fsp3) is 0.0667. The van der Waals surface area contributed by atoms with Crippen LogP contribution >= 0.6 is 0 Å². The van der Waals surface area contributed by atoms with Crippen LogP contribution in [0.15, 0.2) is 42.7 Å². The molecule has 0 radical (unpaired) electrons. The molecule has 20 heavy (non-hydrogen) atoms. The number of benzene rings is 1. The first-order valence-corrected chi connectivity index (χ1v) is 6.15. The number of H-pyrrole nitrogens is 1. The van der Waals surface area contributed by atoms with Gasteiger partial charge in [0.2, 0.25) is 0 Å². The molecule has 0 saturated heterocycles. The largest absolute Gasteiger partial charge is 0.496 e. The molecular weight excluding hydrogens is 252 g/mol. The molecule has 3 aromatic rings. The van der Waals surface area contributed by atoms with Crippen molar-refractivity contribution in [3.05, 3.63) is 48.3 Å². The standard InChI is InChI=1S/C15H14N4O/c1-20-13-7-9(4-5-11(13)14(16)17)12-8-19-15-10(12)3-2-6-18-15/h2-8H,1H3,(H3,16,17)(H,18,19). The number of amidine groups is 1. The fourth-order valence-electron chi connectivity index (χ4n) is 2.28. The van der Waals surface area contributed by atoms with E-state index in [0.29, 0.717) is 11.3 Å². The maximum atomic E-state index is 7.54. The second-order valence-electron chi connectivity index (χ2n) is 4.43. The fourth-order valence-corrected chi connectivity index (χ4v) is 2.28. The van der Waals surface area contributed by atoms with Crippen molar-refractivity contribution < 1.29 is 4.74 Å². The van der Waals surface area contributed by atoms with E-state index in [9.17, 15) is 0 Å². The van der Waals surface area contributed by atoms with E-state index < -0.39 is 0 Å². The number of nitrogen functional groups attached to an aromatic ring is 1. The highest BCUT2D eigenvalue weighted by Crippen LogP contribution is 2.31. The lowest BCUT2D eigenvalue weighted by Crippen LogP contribution is -2.12. The van der Waals surface area contributed by atoms with E-state index in [1.807, 2.05) is 30.5 Å². The molecule has 2 heterocycles. The molecule has 5 nitrogen and oxygen atoms in total. The molecule has 0 spiro atoms. The molecule has 0 aliphatic rings. The molecule has 4 N–H and O–H groups in total. The van der Waals surface area contributed by atoms with Gasteiger partial charge in [-0.1, -0.05) is 6.07 Å². The minimum atomic E-state index is -0.00556. The Balaban J connectivity index is 2.17. The van der Waals surface area contributed by atoms with Crippen LogP contribution < -0.4 is 10.5 Å². The molecule has 0 aliphatic carbocycles. The molecule has 100 valence electrons. The summed E-state index contributed by atoms with van der Waals surface area (Å²) in [7, 11) is 1.57. The lowest BCUT2D eigenvalue weighted by Gasteiger charge is -2.09. The average molecular weight is 266 g/mol. The summed E-state index contributed by atoms with van der Waals surface area (Å²) in [6.45, 7) is 0. The zero-order chi connectivity index (χ0) is 14.1. The number of rotatable bonds is 3. The molecule has 0 saturated carbocycles. The van der Waals surface area contributed by atoms with Gasteiger partial charge in [-0.05, 0) is 29.8 Å². The third kappa shape index (κ3) is 1.89. The number of hydrogen-bond acceptors (Lipinski definition) is 3. The Kier molecular flexibility index (Phi) is 2.87. The normalized spacial score (nSPS) is 10.7. The third-order valence-corrected chi connectivity index (χ3v) is 3.25. The Morgan fingerprint density at radius 3 is 2.95 bits per heavy atom. The van der Waals surface area contributed by atoms with E-state index in [-0.39, 0.29) is 5.84 Å². The van der Waals surface area contributed by atoms with Crippen LogP contribution in [0.4, 0.5) is 0 Å². The highest BCUT2D eigenvalue weighted by molar-refractivity contribution is 5.99.